The molecule has 0 unspecified atom stereocenters. The Morgan fingerprint density at radius 3 is 1.68 bits per heavy atom. The van der Waals surface area contributed by atoms with E-state index in [0.29, 0.717) is 0 Å². The lowest BCUT2D eigenvalue weighted by Gasteiger charge is -2.28. The second kappa shape index (κ2) is 6.77. The summed E-state index contributed by atoms with van der Waals surface area (Å²) in [6, 6.07) is 20.9. The van der Waals surface area contributed by atoms with Gasteiger partial charge in [-0.25, -0.2) is 0 Å². The van der Waals surface area contributed by atoms with Crippen molar-refractivity contribution in [2.45, 2.75) is 37.5 Å². The molecule has 2 aromatic carbocycles. The molecule has 0 heterocycles. The highest BCUT2D eigenvalue weighted by atomic mass is 35.5. The number of unbranched alkanes of at least 4 members (excludes halogenated alkanes) is 2. The number of benzene rings is 2. The van der Waals surface area contributed by atoms with E-state index >= 15 is 0 Å². The summed E-state index contributed by atoms with van der Waals surface area (Å²) in [5.74, 6) is 0. The summed E-state index contributed by atoms with van der Waals surface area (Å²) < 4.78 is 0. The van der Waals surface area contributed by atoms with Gasteiger partial charge in [-0.15, -0.1) is 11.6 Å². The topological polar surface area (TPSA) is 0 Å². The maximum atomic E-state index is 7.03. The van der Waals surface area contributed by atoms with Crippen LogP contribution in [0.2, 0.25) is 0 Å². The standard InChI is InChI=1S/C18H21Cl/c1-2-3-10-15-18(19,16-11-6-4-7-12-16)17-13-8-5-9-14-17/h4-9,11-14H,2-3,10,15H2,1H3. The summed E-state index contributed by atoms with van der Waals surface area (Å²) in [6.07, 6.45) is 4.59. The van der Waals surface area contributed by atoms with Gasteiger partial charge in [0.05, 0.1) is 4.87 Å². The fraction of sp³-hybridized carbons (Fsp3) is 0.333. The molecule has 2 aromatic rings. The van der Waals surface area contributed by atoms with Gasteiger partial charge >= 0.3 is 0 Å². The van der Waals surface area contributed by atoms with Crippen LogP contribution in [0.25, 0.3) is 0 Å². The second-order valence-corrected chi connectivity index (χ2v) is 5.64. The molecule has 0 aliphatic rings. The van der Waals surface area contributed by atoms with Crippen LogP contribution in [0.3, 0.4) is 0 Å². The van der Waals surface area contributed by atoms with Crippen LogP contribution >= 0.6 is 11.6 Å². The zero-order valence-corrected chi connectivity index (χ0v) is 12.2. The summed E-state index contributed by atoms with van der Waals surface area (Å²) in [4.78, 5) is -0.391. The molecule has 2 rings (SSSR count). The summed E-state index contributed by atoms with van der Waals surface area (Å²) in [5.41, 5.74) is 2.39. The van der Waals surface area contributed by atoms with Gasteiger partial charge in [0.1, 0.15) is 0 Å². The van der Waals surface area contributed by atoms with Crippen molar-refractivity contribution >= 4 is 11.6 Å². The molecule has 0 saturated heterocycles. The van der Waals surface area contributed by atoms with Crippen LogP contribution in [-0.4, -0.2) is 0 Å². The first-order valence-corrected chi connectivity index (χ1v) is 7.45. The van der Waals surface area contributed by atoms with Gasteiger partial charge in [0.2, 0.25) is 0 Å². The lowest BCUT2D eigenvalue weighted by atomic mass is 9.86. The average Bonchev–Trinajstić information content (AvgIpc) is 2.49. The fourth-order valence-electron chi connectivity index (χ4n) is 2.48. The lowest BCUT2D eigenvalue weighted by molar-refractivity contribution is 0.576. The van der Waals surface area contributed by atoms with E-state index in [-0.39, 0.29) is 0 Å². The molecule has 0 N–H and O–H groups in total. The van der Waals surface area contributed by atoms with Crippen LogP contribution in [0.1, 0.15) is 43.7 Å². The zero-order valence-electron chi connectivity index (χ0n) is 11.5. The van der Waals surface area contributed by atoms with Crippen molar-refractivity contribution in [1.82, 2.24) is 0 Å². The minimum atomic E-state index is -0.391. The van der Waals surface area contributed by atoms with E-state index in [4.69, 9.17) is 11.6 Å². The molecule has 0 amide bonds. The molecule has 0 bridgehead atoms. The van der Waals surface area contributed by atoms with Gasteiger partial charge < -0.3 is 0 Å². The molecule has 0 radical (unpaired) electrons. The van der Waals surface area contributed by atoms with Crippen LogP contribution < -0.4 is 0 Å². The molecule has 0 aliphatic carbocycles. The first-order valence-electron chi connectivity index (χ1n) is 7.07. The highest BCUT2D eigenvalue weighted by molar-refractivity contribution is 6.26. The average molecular weight is 273 g/mol. The minimum Gasteiger partial charge on any atom is -0.109 e. The van der Waals surface area contributed by atoms with Crippen LogP contribution in [0, 0.1) is 0 Å². The Labute approximate surface area is 121 Å². The Kier molecular flexibility index (Phi) is 5.04. The third-order valence-electron chi connectivity index (χ3n) is 3.59. The molecular weight excluding hydrogens is 252 g/mol. The number of hydrogen-bond donors (Lipinski definition) is 0. The molecule has 0 saturated carbocycles. The van der Waals surface area contributed by atoms with Crippen molar-refractivity contribution < 1.29 is 0 Å². The minimum absolute atomic E-state index is 0.391. The van der Waals surface area contributed by atoms with Crippen molar-refractivity contribution in [3.63, 3.8) is 0 Å². The Hall–Kier alpha value is -1.27. The largest absolute Gasteiger partial charge is 0.109 e. The monoisotopic (exact) mass is 272 g/mol. The predicted octanol–water partition coefficient (Wildman–Crippen LogP) is 5.75. The SMILES string of the molecule is CCCCCC(Cl)(c1ccccc1)c1ccccc1. The first kappa shape index (κ1) is 14.1. The Morgan fingerprint density at radius 1 is 0.789 bits per heavy atom. The van der Waals surface area contributed by atoms with E-state index in [9.17, 15) is 0 Å². The van der Waals surface area contributed by atoms with E-state index in [1.807, 2.05) is 12.1 Å². The van der Waals surface area contributed by atoms with Crippen LogP contribution in [0.5, 0.6) is 0 Å². The smallest absolute Gasteiger partial charge is 0.0944 e. The number of rotatable bonds is 6. The van der Waals surface area contributed by atoms with E-state index < -0.39 is 4.87 Å². The Balaban J connectivity index is 2.33. The summed E-state index contributed by atoms with van der Waals surface area (Å²) in [6.45, 7) is 2.22. The van der Waals surface area contributed by atoms with Gasteiger partial charge in [-0.2, -0.15) is 0 Å². The molecule has 0 atom stereocenters. The molecular formula is C18H21Cl. The highest BCUT2D eigenvalue weighted by Gasteiger charge is 2.30. The molecule has 0 aromatic heterocycles. The predicted molar refractivity (Wildman–Crippen MR) is 83.7 cm³/mol. The highest BCUT2D eigenvalue weighted by Crippen LogP contribution is 2.41. The van der Waals surface area contributed by atoms with Gasteiger partial charge in [-0.05, 0) is 17.5 Å². The van der Waals surface area contributed by atoms with Gasteiger partial charge in [-0.1, -0.05) is 86.8 Å². The fourth-order valence-corrected chi connectivity index (χ4v) is 2.86. The summed E-state index contributed by atoms with van der Waals surface area (Å²) >= 11 is 7.03. The molecule has 100 valence electrons. The first-order chi connectivity index (χ1) is 9.27. The van der Waals surface area contributed by atoms with E-state index in [2.05, 4.69) is 55.5 Å². The van der Waals surface area contributed by atoms with Crippen LogP contribution in [0.4, 0.5) is 0 Å². The lowest BCUT2D eigenvalue weighted by Crippen LogP contribution is -2.20. The normalized spacial score (nSPS) is 11.5. The van der Waals surface area contributed by atoms with Crippen molar-refractivity contribution in [2.75, 3.05) is 0 Å². The molecule has 0 fully saturated rings. The maximum Gasteiger partial charge on any atom is 0.0944 e. The van der Waals surface area contributed by atoms with Crippen molar-refractivity contribution in [3.8, 4) is 0 Å². The van der Waals surface area contributed by atoms with E-state index in [0.717, 1.165) is 12.8 Å². The maximum absolute atomic E-state index is 7.03. The molecule has 0 spiro atoms. The van der Waals surface area contributed by atoms with Crippen molar-refractivity contribution in [2.24, 2.45) is 0 Å². The second-order valence-electron chi connectivity index (χ2n) is 4.99. The molecule has 0 nitrogen and oxygen atoms in total. The van der Waals surface area contributed by atoms with Crippen LogP contribution in [0.15, 0.2) is 60.7 Å². The zero-order chi connectivity index (χ0) is 13.6. The molecule has 19 heavy (non-hydrogen) atoms. The van der Waals surface area contributed by atoms with Crippen molar-refractivity contribution in [3.05, 3.63) is 71.8 Å². The third-order valence-corrected chi connectivity index (χ3v) is 4.21. The Bertz CT molecular complexity index is 436. The molecule has 1 heteroatoms. The molecule has 0 aliphatic heterocycles. The number of alkyl halides is 1. The summed E-state index contributed by atoms with van der Waals surface area (Å²) in [7, 11) is 0. The summed E-state index contributed by atoms with van der Waals surface area (Å²) in [5, 5.41) is 0. The number of hydrogen-bond acceptors (Lipinski definition) is 0. The number of halogens is 1. The third kappa shape index (κ3) is 3.39. The Morgan fingerprint density at radius 2 is 1.26 bits per heavy atom. The quantitative estimate of drug-likeness (QED) is 0.464. The van der Waals surface area contributed by atoms with E-state index in [1.54, 1.807) is 0 Å². The van der Waals surface area contributed by atoms with Gasteiger partial charge in [0.25, 0.3) is 0 Å². The van der Waals surface area contributed by atoms with Crippen LogP contribution in [-0.2, 0) is 4.87 Å². The van der Waals surface area contributed by atoms with Crippen molar-refractivity contribution in [1.29, 1.82) is 0 Å². The van der Waals surface area contributed by atoms with Gasteiger partial charge in [0, 0.05) is 0 Å². The van der Waals surface area contributed by atoms with Gasteiger partial charge in [0.15, 0.2) is 0 Å². The van der Waals surface area contributed by atoms with E-state index in [1.165, 1.54) is 24.0 Å². The van der Waals surface area contributed by atoms with Gasteiger partial charge in [-0.3, -0.25) is 0 Å².